The summed E-state index contributed by atoms with van der Waals surface area (Å²) < 4.78 is 6.28. The molecule has 5 nitrogen and oxygen atoms in total. The zero-order chi connectivity index (χ0) is 15.4. The lowest BCUT2D eigenvalue weighted by molar-refractivity contribution is -0.385. The Hall–Kier alpha value is -2.10. The number of hydrogen-bond donors (Lipinski definition) is 0. The van der Waals surface area contributed by atoms with E-state index < -0.39 is 4.92 Å². The molecule has 7 heteroatoms. The van der Waals surface area contributed by atoms with Crippen molar-refractivity contribution < 1.29 is 9.66 Å². The molecular formula is C14H8BrClN2O3. The summed E-state index contributed by atoms with van der Waals surface area (Å²) in [6, 6.07) is 11.0. The van der Waals surface area contributed by atoms with Gasteiger partial charge in [0.1, 0.15) is 5.75 Å². The van der Waals surface area contributed by atoms with E-state index in [1.54, 1.807) is 18.2 Å². The highest BCUT2D eigenvalue weighted by Gasteiger charge is 2.17. The van der Waals surface area contributed by atoms with Crippen molar-refractivity contribution in [3.63, 3.8) is 0 Å². The van der Waals surface area contributed by atoms with Crippen LogP contribution in [0, 0.1) is 21.4 Å². The van der Waals surface area contributed by atoms with Gasteiger partial charge in [0.25, 0.3) is 0 Å². The molecule has 0 radical (unpaired) electrons. The Balaban J connectivity index is 2.37. The zero-order valence-corrected chi connectivity index (χ0v) is 12.9. The van der Waals surface area contributed by atoms with E-state index in [0.29, 0.717) is 11.6 Å². The standard InChI is InChI=1S/C14H8BrClN2O3/c15-12-6-11(3-2-10(12)7-16)21-14-4-1-9(8-17)5-13(14)18(19)20/h1-6H,7H2. The molecule has 21 heavy (non-hydrogen) atoms. The van der Waals surface area contributed by atoms with Crippen LogP contribution in [0.25, 0.3) is 0 Å². The lowest BCUT2D eigenvalue weighted by Gasteiger charge is -2.08. The lowest BCUT2D eigenvalue weighted by Crippen LogP contribution is -1.94. The van der Waals surface area contributed by atoms with Crippen LogP contribution < -0.4 is 4.74 Å². The normalized spacial score (nSPS) is 9.95. The molecule has 0 saturated carbocycles. The van der Waals surface area contributed by atoms with Gasteiger partial charge in [0.05, 0.1) is 16.6 Å². The number of rotatable bonds is 4. The lowest BCUT2D eigenvalue weighted by atomic mass is 10.2. The topological polar surface area (TPSA) is 76.2 Å². The van der Waals surface area contributed by atoms with E-state index in [4.69, 9.17) is 21.6 Å². The minimum absolute atomic E-state index is 0.0736. The largest absolute Gasteiger partial charge is 0.450 e. The Morgan fingerprint density at radius 2 is 2.10 bits per heavy atom. The fraction of sp³-hybridized carbons (Fsp3) is 0.0714. The van der Waals surface area contributed by atoms with Crippen LogP contribution in [-0.4, -0.2) is 4.92 Å². The van der Waals surface area contributed by atoms with Gasteiger partial charge >= 0.3 is 5.69 Å². The first-order chi connectivity index (χ1) is 10.0. The molecule has 2 rings (SSSR count). The first-order valence-electron chi connectivity index (χ1n) is 5.76. The van der Waals surface area contributed by atoms with Crippen molar-refractivity contribution in [2.75, 3.05) is 0 Å². The second kappa shape index (κ2) is 6.57. The smallest absolute Gasteiger partial charge is 0.312 e. The summed E-state index contributed by atoms with van der Waals surface area (Å²) in [5.41, 5.74) is 0.831. The highest BCUT2D eigenvalue weighted by atomic mass is 79.9. The van der Waals surface area contributed by atoms with Crippen LogP contribution in [0.1, 0.15) is 11.1 Å². The molecule has 0 bridgehead atoms. The van der Waals surface area contributed by atoms with Gasteiger partial charge in [-0.05, 0) is 29.8 Å². The number of halogens is 2. The van der Waals surface area contributed by atoms with Crippen LogP contribution in [0.4, 0.5) is 5.69 Å². The molecule has 0 amide bonds. The van der Waals surface area contributed by atoms with Crippen LogP contribution >= 0.6 is 27.5 Å². The summed E-state index contributed by atoms with van der Waals surface area (Å²) in [6.45, 7) is 0. The SMILES string of the molecule is N#Cc1ccc(Oc2ccc(CCl)c(Br)c2)c([N+](=O)[O-])c1. The van der Waals surface area contributed by atoms with E-state index >= 15 is 0 Å². The van der Waals surface area contributed by atoms with Crippen molar-refractivity contribution in [1.82, 2.24) is 0 Å². The first-order valence-corrected chi connectivity index (χ1v) is 7.08. The van der Waals surface area contributed by atoms with E-state index in [1.165, 1.54) is 18.2 Å². The second-order valence-electron chi connectivity index (χ2n) is 4.04. The van der Waals surface area contributed by atoms with Crippen molar-refractivity contribution in [2.24, 2.45) is 0 Å². The Kier molecular flexibility index (Phi) is 4.78. The molecule has 106 valence electrons. The zero-order valence-electron chi connectivity index (χ0n) is 10.5. The maximum atomic E-state index is 11.0. The van der Waals surface area contributed by atoms with Gasteiger partial charge in [-0.3, -0.25) is 10.1 Å². The quantitative estimate of drug-likeness (QED) is 0.443. The van der Waals surface area contributed by atoms with Crippen LogP contribution in [-0.2, 0) is 5.88 Å². The number of nitro groups is 1. The number of nitrogens with zero attached hydrogens (tertiary/aromatic N) is 2. The van der Waals surface area contributed by atoms with Crippen LogP contribution in [0.15, 0.2) is 40.9 Å². The maximum Gasteiger partial charge on any atom is 0.312 e. The summed E-state index contributed by atoms with van der Waals surface area (Å²) in [5.74, 6) is 0.853. The molecule has 0 saturated heterocycles. The Bertz CT molecular complexity index is 743. The summed E-state index contributed by atoms with van der Waals surface area (Å²) in [4.78, 5) is 10.5. The number of hydrogen-bond acceptors (Lipinski definition) is 4. The molecule has 0 heterocycles. The van der Waals surface area contributed by atoms with Crippen LogP contribution in [0.2, 0.25) is 0 Å². The third-order valence-corrected chi connectivity index (χ3v) is 3.71. The molecule has 2 aromatic rings. The predicted octanol–water partition coefficient (Wildman–Crippen LogP) is 4.76. The number of nitro benzene ring substituents is 1. The van der Waals surface area contributed by atoms with Gasteiger partial charge in [-0.2, -0.15) is 5.26 Å². The van der Waals surface area contributed by atoms with Crippen molar-refractivity contribution in [2.45, 2.75) is 5.88 Å². The molecule has 0 atom stereocenters. The van der Waals surface area contributed by atoms with E-state index in [-0.39, 0.29) is 17.0 Å². The van der Waals surface area contributed by atoms with Gasteiger partial charge < -0.3 is 4.74 Å². The van der Waals surface area contributed by atoms with E-state index in [0.717, 1.165) is 10.0 Å². The maximum absolute atomic E-state index is 11.0. The number of alkyl halides is 1. The molecule has 0 spiro atoms. The molecular weight excluding hydrogens is 360 g/mol. The summed E-state index contributed by atoms with van der Waals surface area (Å²) in [7, 11) is 0. The van der Waals surface area contributed by atoms with E-state index in [2.05, 4.69) is 15.9 Å². The average molecular weight is 368 g/mol. The highest BCUT2D eigenvalue weighted by molar-refractivity contribution is 9.10. The fourth-order valence-corrected chi connectivity index (χ4v) is 2.54. The van der Waals surface area contributed by atoms with Gasteiger partial charge in [0.15, 0.2) is 0 Å². The second-order valence-corrected chi connectivity index (χ2v) is 5.16. The van der Waals surface area contributed by atoms with Gasteiger partial charge in [0.2, 0.25) is 5.75 Å². The van der Waals surface area contributed by atoms with Gasteiger partial charge in [0, 0.05) is 16.4 Å². The monoisotopic (exact) mass is 366 g/mol. The molecule has 0 aliphatic carbocycles. The highest BCUT2D eigenvalue weighted by Crippen LogP contribution is 2.34. The molecule has 0 fully saturated rings. The Labute approximate surface area is 134 Å². The molecule has 0 unspecified atom stereocenters. The van der Waals surface area contributed by atoms with Gasteiger partial charge in [-0.25, -0.2) is 0 Å². The molecule has 0 aromatic heterocycles. The number of ether oxygens (including phenoxy) is 1. The summed E-state index contributed by atoms with van der Waals surface area (Å²) >= 11 is 9.10. The van der Waals surface area contributed by atoms with Crippen molar-refractivity contribution in [3.05, 3.63) is 62.1 Å². The fourth-order valence-electron chi connectivity index (χ4n) is 1.64. The average Bonchev–Trinajstić information content (AvgIpc) is 2.47. The number of nitriles is 1. The molecule has 0 N–H and O–H groups in total. The predicted molar refractivity (Wildman–Crippen MR) is 81.6 cm³/mol. The van der Waals surface area contributed by atoms with Gasteiger partial charge in [-0.1, -0.05) is 22.0 Å². The van der Waals surface area contributed by atoms with Crippen LogP contribution in [0.5, 0.6) is 11.5 Å². The van der Waals surface area contributed by atoms with Crippen LogP contribution in [0.3, 0.4) is 0 Å². The Morgan fingerprint density at radius 1 is 1.33 bits per heavy atom. The third-order valence-electron chi connectivity index (χ3n) is 2.68. The third kappa shape index (κ3) is 3.51. The molecule has 0 aliphatic heterocycles. The molecule has 2 aromatic carbocycles. The first kappa shape index (κ1) is 15.3. The van der Waals surface area contributed by atoms with E-state index in [1.807, 2.05) is 6.07 Å². The van der Waals surface area contributed by atoms with Crippen molar-refractivity contribution >= 4 is 33.2 Å². The minimum Gasteiger partial charge on any atom is -0.450 e. The van der Waals surface area contributed by atoms with E-state index in [9.17, 15) is 10.1 Å². The summed E-state index contributed by atoms with van der Waals surface area (Å²) in [6.07, 6.45) is 0. The van der Waals surface area contributed by atoms with Gasteiger partial charge in [-0.15, -0.1) is 11.6 Å². The van der Waals surface area contributed by atoms with Crippen molar-refractivity contribution in [1.29, 1.82) is 5.26 Å². The van der Waals surface area contributed by atoms with Crippen molar-refractivity contribution in [3.8, 4) is 17.6 Å². The summed E-state index contributed by atoms with van der Waals surface area (Å²) in [5, 5.41) is 19.8. The Morgan fingerprint density at radius 3 is 2.67 bits per heavy atom. The number of benzene rings is 2. The molecule has 0 aliphatic rings. The minimum atomic E-state index is -0.585.